The molecule has 2 N–H and O–H groups in total. The number of aromatic nitrogens is 2. The van der Waals surface area contributed by atoms with Crippen LogP contribution in [0.3, 0.4) is 0 Å². The van der Waals surface area contributed by atoms with Crippen molar-refractivity contribution >= 4 is 28.7 Å². The average molecular weight is 307 g/mol. The van der Waals surface area contributed by atoms with Crippen molar-refractivity contribution in [2.24, 2.45) is 0 Å². The lowest BCUT2D eigenvalue weighted by Crippen LogP contribution is -2.11. The Morgan fingerprint density at radius 2 is 2.29 bits per heavy atom. The van der Waals surface area contributed by atoms with Crippen LogP contribution in [0.1, 0.15) is 31.3 Å². The van der Waals surface area contributed by atoms with E-state index in [9.17, 15) is 10.1 Å². The molecule has 8 heteroatoms. The molecule has 0 bridgehead atoms. The smallest absolute Gasteiger partial charge is 0.311 e. The van der Waals surface area contributed by atoms with Gasteiger partial charge in [0.25, 0.3) is 0 Å². The molecule has 0 amide bonds. The highest BCUT2D eigenvalue weighted by molar-refractivity contribution is 7.09. The summed E-state index contributed by atoms with van der Waals surface area (Å²) in [6, 6.07) is 2.94. The first-order chi connectivity index (χ1) is 10.1. The second kappa shape index (κ2) is 6.98. The Kier molecular flexibility index (Phi) is 5.04. The van der Waals surface area contributed by atoms with Gasteiger partial charge in [-0.1, -0.05) is 6.92 Å². The van der Waals surface area contributed by atoms with Crippen LogP contribution in [0, 0.1) is 10.1 Å². The number of hydrogen-bond acceptors (Lipinski definition) is 7. The maximum Gasteiger partial charge on any atom is 0.311 e. The summed E-state index contributed by atoms with van der Waals surface area (Å²) in [4.78, 5) is 19.2. The fourth-order valence-electron chi connectivity index (χ4n) is 1.77. The van der Waals surface area contributed by atoms with Crippen molar-refractivity contribution in [3.05, 3.63) is 38.8 Å². The van der Waals surface area contributed by atoms with Crippen molar-refractivity contribution in [3.63, 3.8) is 0 Å². The minimum Gasteiger partial charge on any atom is -0.370 e. The normalized spacial score (nSPS) is 11.9. The van der Waals surface area contributed by atoms with Gasteiger partial charge in [0.15, 0.2) is 0 Å². The molecule has 0 aromatic carbocycles. The minimum atomic E-state index is -0.437. The minimum absolute atomic E-state index is 0.0412. The number of nitrogens with one attached hydrogen (secondary N) is 2. The van der Waals surface area contributed by atoms with Crippen molar-refractivity contribution in [1.82, 2.24) is 9.97 Å². The van der Waals surface area contributed by atoms with Gasteiger partial charge in [0.1, 0.15) is 10.8 Å². The molecule has 0 spiro atoms. The van der Waals surface area contributed by atoms with Crippen LogP contribution in [0.15, 0.2) is 23.7 Å². The van der Waals surface area contributed by atoms with Crippen molar-refractivity contribution in [3.8, 4) is 0 Å². The van der Waals surface area contributed by atoms with E-state index >= 15 is 0 Å². The average Bonchev–Trinajstić information content (AvgIpc) is 2.99. The fraction of sp³-hybridized carbons (Fsp3) is 0.385. The summed E-state index contributed by atoms with van der Waals surface area (Å²) in [5.74, 6) is 0.875. The third-order valence-electron chi connectivity index (χ3n) is 2.80. The number of thiazole rings is 1. The van der Waals surface area contributed by atoms with Crippen molar-refractivity contribution in [2.75, 3.05) is 17.2 Å². The summed E-state index contributed by atoms with van der Waals surface area (Å²) in [7, 11) is 0. The van der Waals surface area contributed by atoms with Gasteiger partial charge < -0.3 is 10.6 Å². The van der Waals surface area contributed by atoms with Gasteiger partial charge in [0, 0.05) is 24.2 Å². The Bertz CT molecular complexity index is 603. The molecule has 0 saturated carbocycles. The van der Waals surface area contributed by atoms with Crippen molar-refractivity contribution in [2.45, 2.75) is 26.3 Å². The van der Waals surface area contributed by atoms with E-state index in [4.69, 9.17) is 0 Å². The Morgan fingerprint density at radius 3 is 2.90 bits per heavy atom. The van der Waals surface area contributed by atoms with Gasteiger partial charge >= 0.3 is 5.69 Å². The maximum atomic E-state index is 11.1. The van der Waals surface area contributed by atoms with Crippen molar-refractivity contribution < 1.29 is 4.92 Å². The Balaban J connectivity index is 2.23. The topological polar surface area (TPSA) is 93.0 Å². The highest BCUT2D eigenvalue weighted by Gasteiger charge is 2.19. The van der Waals surface area contributed by atoms with Crippen LogP contribution in [0.2, 0.25) is 0 Å². The molecule has 1 unspecified atom stereocenters. The number of nitrogens with zero attached hydrogens (tertiary/aromatic N) is 3. The SMILES string of the molecule is CCCNc1ccc([N+](=O)[O-])c(NC(C)c2nccs2)n1. The van der Waals surface area contributed by atoms with Crippen LogP contribution in [0.4, 0.5) is 17.3 Å². The highest BCUT2D eigenvalue weighted by atomic mass is 32.1. The largest absolute Gasteiger partial charge is 0.370 e. The lowest BCUT2D eigenvalue weighted by atomic mass is 10.3. The van der Waals surface area contributed by atoms with Crippen molar-refractivity contribution in [1.29, 1.82) is 0 Å². The van der Waals surface area contributed by atoms with Crippen LogP contribution < -0.4 is 10.6 Å². The van der Waals surface area contributed by atoms with Gasteiger partial charge in [-0.2, -0.15) is 0 Å². The summed E-state index contributed by atoms with van der Waals surface area (Å²) < 4.78 is 0. The second-order valence-corrected chi connectivity index (χ2v) is 5.41. The highest BCUT2D eigenvalue weighted by Crippen LogP contribution is 2.28. The zero-order valence-electron chi connectivity index (χ0n) is 11.9. The molecule has 0 fully saturated rings. The van der Waals surface area contributed by atoms with Crippen LogP contribution in [-0.2, 0) is 0 Å². The first-order valence-corrected chi connectivity index (χ1v) is 7.55. The molecule has 2 rings (SSSR count). The van der Waals surface area contributed by atoms with E-state index < -0.39 is 4.92 Å². The van der Waals surface area contributed by atoms with Gasteiger partial charge in [-0.3, -0.25) is 10.1 Å². The summed E-state index contributed by atoms with van der Waals surface area (Å²) in [6.45, 7) is 4.71. The van der Waals surface area contributed by atoms with E-state index in [1.165, 1.54) is 17.4 Å². The molecule has 0 radical (unpaired) electrons. The summed E-state index contributed by atoms with van der Waals surface area (Å²) >= 11 is 1.50. The third kappa shape index (κ3) is 3.88. The van der Waals surface area contributed by atoms with E-state index in [0.29, 0.717) is 5.82 Å². The molecule has 0 saturated heterocycles. The molecule has 0 aliphatic rings. The molecule has 7 nitrogen and oxygen atoms in total. The van der Waals surface area contributed by atoms with E-state index in [1.807, 2.05) is 19.2 Å². The zero-order valence-corrected chi connectivity index (χ0v) is 12.7. The molecule has 2 heterocycles. The molecule has 112 valence electrons. The van der Waals surface area contributed by atoms with Crippen LogP contribution >= 0.6 is 11.3 Å². The first kappa shape index (κ1) is 15.2. The monoisotopic (exact) mass is 307 g/mol. The standard InChI is InChI=1S/C13H17N5O2S/c1-3-6-14-11-5-4-10(18(19)20)12(17-11)16-9(2)13-15-7-8-21-13/h4-5,7-9H,3,6H2,1-2H3,(H2,14,16,17). The Labute approximate surface area is 126 Å². The van der Waals surface area contributed by atoms with Crippen LogP contribution in [-0.4, -0.2) is 21.4 Å². The predicted molar refractivity (Wildman–Crippen MR) is 83.8 cm³/mol. The van der Waals surface area contributed by atoms with Crippen LogP contribution in [0.5, 0.6) is 0 Å². The summed E-state index contributed by atoms with van der Waals surface area (Å²) in [5.41, 5.74) is -0.0412. The van der Waals surface area contributed by atoms with E-state index in [2.05, 4.69) is 20.6 Å². The summed E-state index contributed by atoms with van der Waals surface area (Å²) in [5, 5.41) is 20.0. The van der Waals surface area contributed by atoms with Gasteiger partial charge in [0.2, 0.25) is 5.82 Å². The number of nitro groups is 1. The Morgan fingerprint density at radius 1 is 1.48 bits per heavy atom. The van der Waals surface area contributed by atoms with E-state index in [1.54, 1.807) is 12.3 Å². The fourth-order valence-corrected chi connectivity index (χ4v) is 2.42. The molecular formula is C13H17N5O2S. The van der Waals surface area contributed by atoms with Gasteiger partial charge in [0.05, 0.1) is 11.0 Å². The molecule has 0 aliphatic carbocycles. The quantitative estimate of drug-likeness (QED) is 0.601. The van der Waals surface area contributed by atoms with E-state index in [0.717, 1.165) is 18.0 Å². The van der Waals surface area contributed by atoms with Gasteiger partial charge in [-0.25, -0.2) is 9.97 Å². The Hall–Kier alpha value is -2.22. The molecule has 2 aromatic rings. The molecule has 0 aliphatic heterocycles. The molecule has 1 atom stereocenters. The lowest BCUT2D eigenvalue weighted by Gasteiger charge is -2.13. The predicted octanol–water partition coefficient (Wildman–Crippen LogP) is 3.44. The zero-order chi connectivity index (χ0) is 15.2. The van der Waals surface area contributed by atoms with Gasteiger partial charge in [-0.15, -0.1) is 11.3 Å². The molecule has 2 aromatic heterocycles. The number of rotatable bonds is 7. The van der Waals surface area contributed by atoms with Gasteiger partial charge in [-0.05, 0) is 19.4 Å². The molecule has 21 heavy (non-hydrogen) atoms. The number of pyridine rings is 1. The lowest BCUT2D eigenvalue weighted by molar-refractivity contribution is -0.384. The number of anilines is 2. The maximum absolute atomic E-state index is 11.1. The first-order valence-electron chi connectivity index (χ1n) is 6.67. The molecular weight excluding hydrogens is 290 g/mol. The summed E-state index contributed by atoms with van der Waals surface area (Å²) in [6.07, 6.45) is 2.66. The van der Waals surface area contributed by atoms with Crippen LogP contribution in [0.25, 0.3) is 0 Å². The number of hydrogen-bond donors (Lipinski definition) is 2. The van der Waals surface area contributed by atoms with E-state index in [-0.39, 0.29) is 17.5 Å². The second-order valence-electron chi connectivity index (χ2n) is 4.48. The third-order valence-corrected chi connectivity index (χ3v) is 3.76.